The van der Waals surface area contributed by atoms with Crippen LogP contribution in [-0.2, 0) is 19.1 Å². The molecule has 0 saturated carbocycles. The van der Waals surface area contributed by atoms with Gasteiger partial charge in [-0.3, -0.25) is 9.59 Å². The number of nitrogens with one attached hydrogen (secondary N) is 1. The molecule has 1 rings (SSSR count). The smallest absolute Gasteiger partial charge is 0.397 e. The monoisotopic (exact) mass is 315 g/mol. The van der Waals surface area contributed by atoms with Gasteiger partial charge in [0.1, 0.15) is 0 Å². The minimum Gasteiger partial charge on any atom is -0.461 e. The summed E-state index contributed by atoms with van der Waals surface area (Å²) in [7, 11) is 0. The molecule has 1 atom stereocenters. The number of rotatable bonds is 6. The Morgan fingerprint density at radius 1 is 1.23 bits per heavy atom. The second-order valence-electron chi connectivity index (χ2n) is 4.17. The number of halogens is 2. The number of alkyl halides is 2. The number of carbonyl (C=O) groups excluding carboxylic acids is 3. The summed E-state index contributed by atoms with van der Waals surface area (Å²) in [5.74, 6) is -8.11. The van der Waals surface area contributed by atoms with Crippen molar-refractivity contribution in [2.75, 3.05) is 6.61 Å². The van der Waals surface area contributed by atoms with Gasteiger partial charge >= 0.3 is 17.9 Å². The number of ether oxygens (including phenoxy) is 2. The van der Waals surface area contributed by atoms with Crippen molar-refractivity contribution in [1.29, 1.82) is 0 Å². The van der Waals surface area contributed by atoms with Crippen molar-refractivity contribution in [1.82, 2.24) is 5.32 Å². The summed E-state index contributed by atoms with van der Waals surface area (Å²) in [5.41, 5.74) is 0.0688. The Kier molecular flexibility index (Phi) is 5.97. The highest BCUT2D eigenvalue weighted by atomic mass is 19.3. The lowest BCUT2D eigenvalue weighted by molar-refractivity contribution is -0.199. The molecule has 6 nitrogen and oxygen atoms in total. The van der Waals surface area contributed by atoms with Crippen LogP contribution in [0.25, 0.3) is 0 Å². The maximum atomic E-state index is 13.9. The lowest BCUT2D eigenvalue weighted by atomic mass is 10.2. The van der Waals surface area contributed by atoms with Gasteiger partial charge in [0.25, 0.3) is 12.1 Å². The molecule has 22 heavy (non-hydrogen) atoms. The summed E-state index contributed by atoms with van der Waals surface area (Å²) in [6.07, 6.45) is -2.46. The van der Waals surface area contributed by atoms with Crippen molar-refractivity contribution in [2.45, 2.75) is 26.0 Å². The Morgan fingerprint density at radius 3 is 2.32 bits per heavy atom. The zero-order chi connectivity index (χ0) is 16.8. The first kappa shape index (κ1) is 17.5. The average Bonchev–Trinajstić information content (AvgIpc) is 2.47. The topological polar surface area (TPSA) is 81.7 Å². The second-order valence-corrected chi connectivity index (χ2v) is 4.17. The van der Waals surface area contributed by atoms with Crippen molar-refractivity contribution in [3.8, 4) is 0 Å². The number of benzene rings is 1. The average molecular weight is 315 g/mol. The molecule has 0 radical (unpaired) electrons. The van der Waals surface area contributed by atoms with Gasteiger partial charge in [-0.25, -0.2) is 4.79 Å². The van der Waals surface area contributed by atoms with Gasteiger partial charge in [0.2, 0.25) is 0 Å². The van der Waals surface area contributed by atoms with Crippen LogP contribution in [0.1, 0.15) is 24.2 Å². The Hall–Kier alpha value is -2.51. The third-order valence-electron chi connectivity index (χ3n) is 2.46. The quantitative estimate of drug-likeness (QED) is 0.635. The molecule has 0 bridgehead atoms. The molecule has 0 heterocycles. The van der Waals surface area contributed by atoms with E-state index in [4.69, 9.17) is 0 Å². The fraction of sp³-hybridized carbons (Fsp3) is 0.357. The fourth-order valence-electron chi connectivity index (χ4n) is 1.49. The lowest BCUT2D eigenvalue weighted by Gasteiger charge is -2.25. The van der Waals surface area contributed by atoms with E-state index in [1.54, 1.807) is 6.07 Å². The van der Waals surface area contributed by atoms with Crippen LogP contribution in [0.2, 0.25) is 0 Å². The molecule has 8 heteroatoms. The van der Waals surface area contributed by atoms with E-state index in [2.05, 4.69) is 9.47 Å². The van der Waals surface area contributed by atoms with Crippen LogP contribution >= 0.6 is 0 Å². The number of esters is 2. The van der Waals surface area contributed by atoms with Crippen LogP contribution in [0.4, 0.5) is 8.78 Å². The van der Waals surface area contributed by atoms with Crippen LogP contribution in [0.5, 0.6) is 0 Å². The third kappa shape index (κ3) is 4.51. The predicted octanol–water partition coefficient (Wildman–Crippen LogP) is 1.50. The summed E-state index contributed by atoms with van der Waals surface area (Å²) in [6.45, 7) is 1.94. The maximum Gasteiger partial charge on any atom is 0.397 e. The highest BCUT2D eigenvalue weighted by Gasteiger charge is 2.52. The Bertz CT molecular complexity index is 547. The highest BCUT2D eigenvalue weighted by Crippen LogP contribution is 2.22. The molecule has 1 aromatic carbocycles. The molecule has 120 valence electrons. The van der Waals surface area contributed by atoms with E-state index < -0.39 is 30.0 Å². The number of carbonyl (C=O) groups is 3. The Labute approximate surface area is 125 Å². The van der Waals surface area contributed by atoms with E-state index in [9.17, 15) is 23.2 Å². The summed E-state index contributed by atoms with van der Waals surface area (Å²) < 4.78 is 36.5. The Morgan fingerprint density at radius 2 is 1.82 bits per heavy atom. The van der Waals surface area contributed by atoms with Crippen molar-refractivity contribution in [3.63, 3.8) is 0 Å². The molecule has 1 amide bonds. The first-order valence-electron chi connectivity index (χ1n) is 6.37. The van der Waals surface area contributed by atoms with Crippen molar-refractivity contribution in [2.24, 2.45) is 0 Å². The summed E-state index contributed by atoms with van der Waals surface area (Å²) in [5, 5.41) is 1.81. The normalized spacial score (nSPS) is 12.2. The van der Waals surface area contributed by atoms with Gasteiger partial charge in [0.15, 0.2) is 0 Å². The van der Waals surface area contributed by atoms with Gasteiger partial charge in [0.05, 0.1) is 6.61 Å². The number of hydrogen-bond acceptors (Lipinski definition) is 5. The zero-order valence-electron chi connectivity index (χ0n) is 12.0. The minimum atomic E-state index is -4.22. The number of amides is 1. The lowest BCUT2D eigenvalue weighted by Crippen LogP contribution is -2.54. The van der Waals surface area contributed by atoms with Crippen molar-refractivity contribution in [3.05, 3.63) is 35.9 Å². The van der Waals surface area contributed by atoms with Crippen LogP contribution in [0.15, 0.2) is 30.3 Å². The van der Waals surface area contributed by atoms with Gasteiger partial charge in [-0.1, -0.05) is 18.2 Å². The minimum absolute atomic E-state index is 0.0688. The molecule has 0 aliphatic heterocycles. The molecule has 1 unspecified atom stereocenters. The third-order valence-corrected chi connectivity index (χ3v) is 2.46. The standard InChI is InChI=1S/C14H15F2NO5/c1-3-21-13(20)14(15,16)12(22-9(2)18)17-11(19)10-7-5-4-6-8-10/h4-8,12H,3H2,1-2H3,(H,17,19). The first-order chi connectivity index (χ1) is 10.3. The van der Waals surface area contributed by atoms with E-state index in [-0.39, 0.29) is 12.2 Å². The number of hydrogen-bond donors (Lipinski definition) is 1. The van der Waals surface area contributed by atoms with Gasteiger partial charge in [-0.15, -0.1) is 0 Å². The molecular formula is C14H15F2NO5. The van der Waals surface area contributed by atoms with Gasteiger partial charge in [0, 0.05) is 12.5 Å². The molecular weight excluding hydrogens is 300 g/mol. The molecule has 0 aliphatic rings. The fourth-order valence-corrected chi connectivity index (χ4v) is 1.49. The van der Waals surface area contributed by atoms with E-state index >= 15 is 0 Å². The molecule has 1 aromatic rings. The van der Waals surface area contributed by atoms with Crippen molar-refractivity contribution < 1.29 is 32.6 Å². The van der Waals surface area contributed by atoms with E-state index in [0.717, 1.165) is 6.92 Å². The van der Waals surface area contributed by atoms with Crippen LogP contribution in [0.3, 0.4) is 0 Å². The molecule has 1 N–H and O–H groups in total. The summed E-state index contributed by atoms with van der Waals surface area (Å²) >= 11 is 0. The zero-order valence-corrected chi connectivity index (χ0v) is 12.0. The highest BCUT2D eigenvalue weighted by molar-refractivity contribution is 5.95. The maximum absolute atomic E-state index is 13.9. The molecule has 0 spiro atoms. The second kappa shape index (κ2) is 7.48. The Balaban J connectivity index is 2.95. The molecule has 0 aromatic heterocycles. The molecule has 0 fully saturated rings. The molecule has 0 aliphatic carbocycles. The van der Waals surface area contributed by atoms with E-state index in [1.165, 1.54) is 31.2 Å². The van der Waals surface area contributed by atoms with Gasteiger partial charge in [-0.2, -0.15) is 8.78 Å². The predicted molar refractivity (Wildman–Crippen MR) is 71.0 cm³/mol. The van der Waals surface area contributed by atoms with Crippen LogP contribution in [0, 0.1) is 0 Å². The van der Waals surface area contributed by atoms with Gasteiger partial charge in [-0.05, 0) is 19.1 Å². The van der Waals surface area contributed by atoms with E-state index in [1.807, 2.05) is 5.32 Å². The van der Waals surface area contributed by atoms with Crippen molar-refractivity contribution >= 4 is 17.8 Å². The SMILES string of the molecule is CCOC(=O)C(F)(F)C(NC(=O)c1ccccc1)OC(C)=O. The van der Waals surface area contributed by atoms with E-state index in [0.29, 0.717) is 0 Å². The largest absolute Gasteiger partial charge is 0.461 e. The van der Waals surface area contributed by atoms with Crippen LogP contribution < -0.4 is 5.32 Å². The molecule has 0 saturated heterocycles. The summed E-state index contributed by atoms with van der Waals surface area (Å²) in [6, 6.07) is 7.44. The van der Waals surface area contributed by atoms with Gasteiger partial charge < -0.3 is 14.8 Å². The van der Waals surface area contributed by atoms with Crippen LogP contribution in [-0.4, -0.2) is 36.6 Å². The summed E-state index contributed by atoms with van der Waals surface area (Å²) in [4.78, 5) is 34.1. The first-order valence-corrected chi connectivity index (χ1v) is 6.37.